The number of carbonyl (C=O) groups is 2. The summed E-state index contributed by atoms with van der Waals surface area (Å²) in [5.41, 5.74) is 1.87. The molecular formula is C31H29BrClN3O4S. The average Bonchev–Trinajstić information content (AvgIpc) is 2.98. The Morgan fingerprint density at radius 1 is 0.854 bits per heavy atom. The molecule has 4 aromatic carbocycles. The van der Waals surface area contributed by atoms with Gasteiger partial charge < -0.3 is 10.2 Å². The van der Waals surface area contributed by atoms with Gasteiger partial charge in [0.25, 0.3) is 10.0 Å². The highest BCUT2D eigenvalue weighted by Crippen LogP contribution is 2.26. The van der Waals surface area contributed by atoms with Crippen LogP contribution in [-0.4, -0.2) is 44.8 Å². The molecule has 0 unspecified atom stereocenters. The summed E-state index contributed by atoms with van der Waals surface area (Å²) in [6.07, 6.45) is 0.233. The highest BCUT2D eigenvalue weighted by molar-refractivity contribution is 9.10. The Labute approximate surface area is 253 Å². The van der Waals surface area contributed by atoms with Gasteiger partial charge in [-0.15, -0.1) is 0 Å². The molecule has 0 aliphatic rings. The van der Waals surface area contributed by atoms with Crippen molar-refractivity contribution >= 4 is 55.1 Å². The van der Waals surface area contributed by atoms with Crippen molar-refractivity contribution in [1.82, 2.24) is 10.2 Å². The fourth-order valence-electron chi connectivity index (χ4n) is 4.41. The van der Waals surface area contributed by atoms with Crippen molar-refractivity contribution in [3.63, 3.8) is 0 Å². The van der Waals surface area contributed by atoms with Gasteiger partial charge in [-0.25, -0.2) is 8.42 Å². The molecule has 0 bridgehead atoms. The lowest BCUT2D eigenvalue weighted by Gasteiger charge is -2.33. The van der Waals surface area contributed by atoms with Crippen LogP contribution in [0.4, 0.5) is 5.69 Å². The van der Waals surface area contributed by atoms with Crippen LogP contribution in [0.25, 0.3) is 0 Å². The van der Waals surface area contributed by atoms with Crippen molar-refractivity contribution in [2.45, 2.75) is 23.9 Å². The van der Waals surface area contributed by atoms with Crippen molar-refractivity contribution in [3.8, 4) is 0 Å². The molecule has 0 aliphatic heterocycles. The van der Waals surface area contributed by atoms with Crippen molar-refractivity contribution in [1.29, 1.82) is 0 Å². The minimum absolute atomic E-state index is 0.0455. The summed E-state index contributed by atoms with van der Waals surface area (Å²) in [5, 5.41) is 3.15. The van der Waals surface area contributed by atoms with E-state index < -0.39 is 28.5 Å². The molecule has 1 N–H and O–H groups in total. The summed E-state index contributed by atoms with van der Waals surface area (Å²) in [7, 11) is -2.63. The molecule has 2 amide bonds. The fourth-order valence-corrected chi connectivity index (χ4v) is 6.32. The Bertz CT molecular complexity index is 1590. The first-order valence-electron chi connectivity index (χ1n) is 12.8. The van der Waals surface area contributed by atoms with E-state index in [9.17, 15) is 18.0 Å². The number of anilines is 1. The number of halogens is 2. The van der Waals surface area contributed by atoms with Crippen LogP contribution in [0.2, 0.25) is 5.02 Å². The summed E-state index contributed by atoms with van der Waals surface area (Å²) in [5.74, 6) is -0.915. The summed E-state index contributed by atoms with van der Waals surface area (Å²) in [6.45, 7) is -0.481. The minimum Gasteiger partial charge on any atom is -0.357 e. The zero-order valence-corrected chi connectivity index (χ0v) is 25.4. The zero-order chi connectivity index (χ0) is 29.4. The zero-order valence-electron chi connectivity index (χ0n) is 22.3. The van der Waals surface area contributed by atoms with Gasteiger partial charge in [0.05, 0.1) is 10.6 Å². The number of amides is 2. The Morgan fingerprint density at radius 2 is 1.46 bits per heavy atom. The molecule has 0 heterocycles. The minimum atomic E-state index is -4.14. The fraction of sp³-hybridized carbons (Fsp3) is 0.161. The van der Waals surface area contributed by atoms with Gasteiger partial charge in [-0.3, -0.25) is 13.9 Å². The summed E-state index contributed by atoms with van der Waals surface area (Å²) in [4.78, 5) is 28.9. The third-order valence-electron chi connectivity index (χ3n) is 6.48. The molecule has 7 nitrogen and oxygen atoms in total. The number of hydrogen-bond donors (Lipinski definition) is 1. The molecule has 4 rings (SSSR count). The predicted octanol–water partition coefficient (Wildman–Crippen LogP) is 5.68. The quantitative estimate of drug-likeness (QED) is 0.225. The lowest BCUT2D eigenvalue weighted by Crippen LogP contribution is -2.53. The maximum Gasteiger partial charge on any atom is 0.264 e. The van der Waals surface area contributed by atoms with E-state index >= 15 is 0 Å². The number of nitrogens with zero attached hydrogens (tertiary/aromatic N) is 2. The molecule has 4 aromatic rings. The normalized spacial score (nSPS) is 11.9. The van der Waals surface area contributed by atoms with Gasteiger partial charge in [0.15, 0.2) is 0 Å². The second kappa shape index (κ2) is 13.8. The number of likely N-dealkylation sites (N-methyl/N-ethyl adjacent to an activating group) is 1. The number of sulfonamides is 1. The van der Waals surface area contributed by atoms with Gasteiger partial charge in [-0.2, -0.15) is 0 Å². The number of carbonyl (C=O) groups excluding carboxylic acids is 2. The lowest BCUT2D eigenvalue weighted by molar-refractivity contribution is -0.139. The Morgan fingerprint density at radius 3 is 2.07 bits per heavy atom. The van der Waals surface area contributed by atoms with Crippen LogP contribution >= 0.6 is 27.5 Å². The Hall–Kier alpha value is -3.66. The van der Waals surface area contributed by atoms with E-state index in [1.54, 1.807) is 60.7 Å². The first kappa shape index (κ1) is 30.3. The van der Waals surface area contributed by atoms with Gasteiger partial charge >= 0.3 is 0 Å². The monoisotopic (exact) mass is 653 g/mol. The maximum absolute atomic E-state index is 14.2. The van der Waals surface area contributed by atoms with E-state index in [0.29, 0.717) is 16.3 Å². The van der Waals surface area contributed by atoms with Crippen LogP contribution in [-0.2, 0) is 32.6 Å². The maximum atomic E-state index is 14.2. The molecule has 212 valence electrons. The molecule has 10 heteroatoms. The Balaban J connectivity index is 1.78. The Kier molecular flexibility index (Phi) is 10.2. The van der Waals surface area contributed by atoms with Gasteiger partial charge in [0.1, 0.15) is 12.6 Å². The summed E-state index contributed by atoms with van der Waals surface area (Å²) < 4.78 is 29.6. The van der Waals surface area contributed by atoms with Crippen molar-refractivity contribution in [2.75, 3.05) is 17.9 Å². The number of hydrogen-bond acceptors (Lipinski definition) is 4. The van der Waals surface area contributed by atoms with Gasteiger partial charge in [-0.1, -0.05) is 88.2 Å². The number of nitrogens with one attached hydrogen (secondary N) is 1. The number of rotatable bonds is 11. The predicted molar refractivity (Wildman–Crippen MR) is 165 cm³/mol. The second-order valence-corrected chi connectivity index (χ2v) is 12.5. The van der Waals surface area contributed by atoms with Crippen LogP contribution < -0.4 is 9.62 Å². The van der Waals surface area contributed by atoms with Gasteiger partial charge in [0, 0.05) is 29.5 Å². The van der Waals surface area contributed by atoms with Crippen LogP contribution in [0.5, 0.6) is 0 Å². The molecule has 0 aromatic heterocycles. The average molecular weight is 655 g/mol. The van der Waals surface area contributed by atoms with Crippen LogP contribution in [0, 0.1) is 0 Å². The summed E-state index contributed by atoms with van der Waals surface area (Å²) in [6, 6.07) is 30.1. The van der Waals surface area contributed by atoms with Crippen molar-refractivity contribution in [3.05, 3.63) is 130 Å². The molecule has 0 radical (unpaired) electrons. The van der Waals surface area contributed by atoms with Crippen LogP contribution in [0.15, 0.2) is 119 Å². The molecule has 0 saturated carbocycles. The first-order valence-corrected chi connectivity index (χ1v) is 15.4. The third-order valence-corrected chi connectivity index (χ3v) is 9.04. The molecule has 0 fully saturated rings. The molecule has 0 aliphatic carbocycles. The summed E-state index contributed by atoms with van der Waals surface area (Å²) >= 11 is 9.62. The molecule has 1 atom stereocenters. The van der Waals surface area contributed by atoms with Crippen molar-refractivity contribution < 1.29 is 18.0 Å². The molecule has 41 heavy (non-hydrogen) atoms. The van der Waals surface area contributed by atoms with Crippen LogP contribution in [0.1, 0.15) is 11.1 Å². The highest BCUT2D eigenvalue weighted by Gasteiger charge is 2.34. The van der Waals surface area contributed by atoms with E-state index in [4.69, 9.17) is 11.6 Å². The standard InChI is InChI=1S/C31H29BrClN3O4S/c1-34-31(38)29(20-23-9-4-2-5-10-23)35(21-24-11-8-12-26(33)19-24)30(37)22-36(27-17-15-25(32)16-18-27)41(39,40)28-13-6-3-7-14-28/h2-19,29H,20-22H2,1H3,(H,34,38)/t29-/m1/s1. The van der Waals surface area contributed by atoms with Crippen molar-refractivity contribution in [2.24, 2.45) is 0 Å². The van der Waals surface area contributed by atoms with E-state index in [-0.39, 0.29) is 23.8 Å². The molecule has 0 saturated heterocycles. The van der Waals surface area contributed by atoms with Crippen LogP contribution in [0.3, 0.4) is 0 Å². The highest BCUT2D eigenvalue weighted by atomic mass is 79.9. The number of benzene rings is 4. The largest absolute Gasteiger partial charge is 0.357 e. The molecular weight excluding hydrogens is 626 g/mol. The first-order chi connectivity index (χ1) is 19.7. The third kappa shape index (κ3) is 7.75. The SMILES string of the molecule is CNC(=O)[C@@H](Cc1ccccc1)N(Cc1cccc(Cl)c1)C(=O)CN(c1ccc(Br)cc1)S(=O)(=O)c1ccccc1. The van der Waals surface area contributed by atoms with Gasteiger partial charge in [-0.05, 0) is 59.7 Å². The second-order valence-electron chi connectivity index (χ2n) is 9.27. The van der Waals surface area contributed by atoms with E-state index in [2.05, 4.69) is 21.2 Å². The van der Waals surface area contributed by atoms with Gasteiger partial charge in [0.2, 0.25) is 11.8 Å². The lowest BCUT2D eigenvalue weighted by atomic mass is 10.0. The topological polar surface area (TPSA) is 86.8 Å². The van der Waals surface area contributed by atoms with E-state index in [1.165, 1.54) is 24.1 Å². The van der Waals surface area contributed by atoms with E-state index in [1.807, 2.05) is 36.4 Å². The van der Waals surface area contributed by atoms with E-state index in [0.717, 1.165) is 14.3 Å². The smallest absolute Gasteiger partial charge is 0.264 e. The molecule has 0 spiro atoms.